The average Bonchev–Trinajstić information content (AvgIpc) is 3.45. The first-order valence-electron chi connectivity index (χ1n) is 15.3. The van der Waals surface area contributed by atoms with Gasteiger partial charge in [0.15, 0.2) is 0 Å². The van der Waals surface area contributed by atoms with E-state index in [4.69, 9.17) is 14.7 Å². The maximum absolute atomic E-state index is 14.8. The standard InChI is InChI=1S/C33H43FN4O4/c1-41-32(40)36-31-8-3-7-30(31)33(23-38-15-4-16-38,26-5-2-6-27(34)19-26)25-13-17-37(18-14-25)21-28(39)22-42-29-11-9-24(20-35)10-12-29/h2,5-6,9-12,19,25,28,30-31,39H,3-4,7-8,13-18,21-23H2,1H3,(H,36,40)/t28?,30-,31-,33-/m0/s1. The number of piperidine rings is 1. The van der Waals surface area contributed by atoms with Crippen LogP contribution in [0.4, 0.5) is 9.18 Å². The molecular formula is C33H43FN4O4. The summed E-state index contributed by atoms with van der Waals surface area (Å²) in [7, 11) is 1.40. The van der Waals surface area contributed by atoms with Gasteiger partial charge >= 0.3 is 6.09 Å². The quantitative estimate of drug-likeness (QED) is 0.410. The van der Waals surface area contributed by atoms with Crippen LogP contribution >= 0.6 is 0 Å². The van der Waals surface area contributed by atoms with E-state index in [1.54, 1.807) is 30.3 Å². The van der Waals surface area contributed by atoms with Crippen molar-refractivity contribution in [1.29, 1.82) is 5.26 Å². The molecule has 9 heteroatoms. The van der Waals surface area contributed by atoms with Gasteiger partial charge in [-0.25, -0.2) is 9.18 Å². The molecule has 2 aliphatic heterocycles. The lowest BCUT2D eigenvalue weighted by Gasteiger charge is -2.53. The molecule has 42 heavy (non-hydrogen) atoms. The molecular weight excluding hydrogens is 535 g/mol. The lowest BCUT2D eigenvalue weighted by atomic mass is 9.57. The van der Waals surface area contributed by atoms with E-state index in [9.17, 15) is 14.3 Å². The summed E-state index contributed by atoms with van der Waals surface area (Å²) in [5.74, 6) is 0.873. The summed E-state index contributed by atoms with van der Waals surface area (Å²) >= 11 is 0. The fourth-order valence-electron chi connectivity index (χ4n) is 7.54. The van der Waals surface area contributed by atoms with E-state index in [2.05, 4.69) is 27.3 Å². The van der Waals surface area contributed by atoms with E-state index in [-0.39, 0.29) is 29.8 Å². The number of β-amino-alcohol motifs (C(OH)–C–C–N with tert-alkyl or cyclic N) is 1. The van der Waals surface area contributed by atoms with Gasteiger partial charge in [0.2, 0.25) is 0 Å². The topological polar surface area (TPSA) is 98.1 Å². The summed E-state index contributed by atoms with van der Waals surface area (Å²) in [6.45, 7) is 5.29. The number of alkyl carbamates (subject to hydrolysis) is 1. The molecule has 0 radical (unpaired) electrons. The third kappa shape index (κ3) is 6.88. The maximum Gasteiger partial charge on any atom is 0.407 e. The highest BCUT2D eigenvalue weighted by atomic mass is 19.1. The fourth-order valence-corrected chi connectivity index (χ4v) is 7.54. The van der Waals surface area contributed by atoms with Crippen molar-refractivity contribution in [3.63, 3.8) is 0 Å². The molecule has 2 N–H and O–H groups in total. The van der Waals surface area contributed by atoms with E-state index in [1.807, 2.05) is 6.07 Å². The van der Waals surface area contributed by atoms with E-state index in [1.165, 1.54) is 19.6 Å². The molecule has 2 saturated heterocycles. The zero-order chi connectivity index (χ0) is 29.5. The Morgan fingerprint density at radius 1 is 1.10 bits per heavy atom. The molecule has 226 valence electrons. The van der Waals surface area contributed by atoms with Crippen LogP contribution in [0.1, 0.15) is 49.7 Å². The molecule has 2 heterocycles. The second-order valence-corrected chi connectivity index (χ2v) is 12.1. The number of likely N-dealkylation sites (tertiary alicyclic amines) is 2. The van der Waals surface area contributed by atoms with Crippen LogP contribution in [0.3, 0.4) is 0 Å². The third-order valence-electron chi connectivity index (χ3n) is 9.67. The van der Waals surface area contributed by atoms with E-state index >= 15 is 0 Å². The van der Waals surface area contributed by atoms with Gasteiger partial charge in [-0.1, -0.05) is 18.6 Å². The van der Waals surface area contributed by atoms with Crippen molar-refractivity contribution in [2.24, 2.45) is 11.8 Å². The first-order valence-corrected chi connectivity index (χ1v) is 15.3. The summed E-state index contributed by atoms with van der Waals surface area (Å²) in [4.78, 5) is 17.1. The minimum atomic E-state index is -0.644. The van der Waals surface area contributed by atoms with Crippen LogP contribution in [0.5, 0.6) is 5.75 Å². The Labute approximate surface area is 248 Å². The van der Waals surface area contributed by atoms with Crippen molar-refractivity contribution in [3.8, 4) is 11.8 Å². The molecule has 3 fully saturated rings. The van der Waals surface area contributed by atoms with Crippen LogP contribution < -0.4 is 10.1 Å². The Morgan fingerprint density at radius 3 is 2.50 bits per heavy atom. The highest BCUT2D eigenvalue weighted by Crippen LogP contribution is 2.51. The van der Waals surface area contributed by atoms with Gasteiger partial charge in [-0.3, -0.25) is 0 Å². The first-order chi connectivity index (χ1) is 20.4. The van der Waals surface area contributed by atoms with Crippen LogP contribution in [0, 0.1) is 29.0 Å². The number of nitrogens with one attached hydrogen (secondary N) is 1. The molecule has 4 atom stereocenters. The van der Waals surface area contributed by atoms with Gasteiger partial charge in [0.05, 0.1) is 18.7 Å². The van der Waals surface area contributed by atoms with Crippen LogP contribution in [0.15, 0.2) is 48.5 Å². The zero-order valence-electron chi connectivity index (χ0n) is 24.5. The summed E-state index contributed by atoms with van der Waals surface area (Å²) in [5.41, 5.74) is 1.29. The smallest absolute Gasteiger partial charge is 0.407 e. The second-order valence-electron chi connectivity index (χ2n) is 12.1. The third-order valence-corrected chi connectivity index (χ3v) is 9.67. The largest absolute Gasteiger partial charge is 0.491 e. The normalized spacial score (nSPS) is 23.8. The monoisotopic (exact) mass is 578 g/mol. The number of hydrogen-bond acceptors (Lipinski definition) is 7. The first kappa shape index (κ1) is 30.3. The van der Waals surface area contributed by atoms with Crippen molar-refractivity contribution in [2.75, 3.05) is 53.0 Å². The molecule has 5 rings (SSSR count). The van der Waals surface area contributed by atoms with Gasteiger partial charge in [-0.05, 0) is 112 Å². The molecule has 1 unspecified atom stereocenters. The molecule has 8 nitrogen and oxygen atoms in total. The number of nitrogens with zero attached hydrogens (tertiary/aromatic N) is 3. The molecule has 1 saturated carbocycles. The molecule has 3 aliphatic rings. The van der Waals surface area contributed by atoms with E-state index < -0.39 is 12.2 Å². The van der Waals surface area contributed by atoms with Gasteiger partial charge in [0.1, 0.15) is 24.3 Å². The minimum absolute atomic E-state index is 0.0266. The van der Waals surface area contributed by atoms with Crippen molar-refractivity contribution < 1.29 is 23.8 Å². The number of aliphatic hydroxyl groups excluding tert-OH is 1. The molecule has 0 spiro atoms. The molecule has 0 aromatic heterocycles. The van der Waals surface area contributed by atoms with Gasteiger partial charge in [-0.2, -0.15) is 5.26 Å². The SMILES string of the molecule is COC(=O)N[C@H]1CCC[C@@H]1[C@](CN1CCC1)(c1cccc(F)c1)C1CCN(CC(O)COc2ccc(C#N)cc2)CC1. The summed E-state index contributed by atoms with van der Waals surface area (Å²) in [5, 5.41) is 22.9. The van der Waals surface area contributed by atoms with Crippen LogP contribution in [0.2, 0.25) is 0 Å². The number of amides is 1. The Hall–Kier alpha value is -3.19. The van der Waals surface area contributed by atoms with Crippen LogP contribution in [-0.2, 0) is 10.2 Å². The lowest BCUT2D eigenvalue weighted by molar-refractivity contribution is 0.0108. The number of rotatable bonds is 11. The highest BCUT2D eigenvalue weighted by molar-refractivity contribution is 5.67. The Balaban J connectivity index is 1.31. The number of methoxy groups -OCH3 is 1. The maximum atomic E-state index is 14.8. The number of carbonyl (C=O) groups is 1. The van der Waals surface area contributed by atoms with Gasteiger partial charge in [-0.15, -0.1) is 0 Å². The average molecular weight is 579 g/mol. The van der Waals surface area contributed by atoms with Crippen LogP contribution in [0.25, 0.3) is 0 Å². The lowest BCUT2D eigenvalue weighted by Crippen LogP contribution is -2.59. The van der Waals surface area contributed by atoms with Crippen molar-refractivity contribution in [3.05, 3.63) is 65.5 Å². The summed E-state index contributed by atoms with van der Waals surface area (Å²) in [6.07, 6.45) is 4.86. The molecule has 0 bridgehead atoms. The van der Waals surface area contributed by atoms with Gasteiger partial charge < -0.3 is 29.7 Å². The predicted octanol–water partition coefficient (Wildman–Crippen LogP) is 4.32. The number of nitriles is 1. The predicted molar refractivity (Wildman–Crippen MR) is 158 cm³/mol. The highest BCUT2D eigenvalue weighted by Gasteiger charge is 2.53. The number of halogens is 1. The molecule has 2 aromatic rings. The molecule has 2 aromatic carbocycles. The molecule has 1 aliphatic carbocycles. The van der Waals surface area contributed by atoms with Crippen molar-refractivity contribution >= 4 is 6.09 Å². The Morgan fingerprint density at radius 2 is 1.86 bits per heavy atom. The number of benzene rings is 2. The van der Waals surface area contributed by atoms with Crippen molar-refractivity contribution in [1.82, 2.24) is 15.1 Å². The van der Waals surface area contributed by atoms with Crippen LogP contribution in [-0.4, -0.2) is 86.1 Å². The van der Waals surface area contributed by atoms with E-state index in [0.717, 1.165) is 70.4 Å². The molecule has 1 amide bonds. The number of carbonyl (C=O) groups excluding carboxylic acids is 1. The van der Waals surface area contributed by atoms with Gasteiger partial charge in [0, 0.05) is 24.5 Å². The van der Waals surface area contributed by atoms with Crippen molar-refractivity contribution in [2.45, 2.75) is 56.1 Å². The summed E-state index contributed by atoms with van der Waals surface area (Å²) < 4.78 is 25.6. The number of ether oxygens (including phenoxy) is 2. The second kappa shape index (κ2) is 13.9. The summed E-state index contributed by atoms with van der Waals surface area (Å²) in [6, 6.07) is 16.1. The Bertz CT molecular complexity index is 1230. The number of aliphatic hydroxyl groups is 1. The fraction of sp³-hybridized carbons (Fsp3) is 0.576. The van der Waals surface area contributed by atoms with Gasteiger partial charge in [0.25, 0.3) is 0 Å². The number of hydrogen-bond donors (Lipinski definition) is 2. The van der Waals surface area contributed by atoms with E-state index in [0.29, 0.717) is 23.8 Å². The Kier molecular flexibility index (Phi) is 9.99. The zero-order valence-corrected chi connectivity index (χ0v) is 24.5. The minimum Gasteiger partial charge on any atom is -0.491 e.